The molecule has 1 atom stereocenters. The van der Waals surface area contributed by atoms with Crippen LogP contribution < -0.4 is 15.4 Å². The zero-order valence-corrected chi connectivity index (χ0v) is 10.4. The van der Waals surface area contributed by atoms with Crippen molar-refractivity contribution in [1.82, 2.24) is 5.32 Å². The Morgan fingerprint density at radius 3 is 3.21 bits per heavy atom. The van der Waals surface area contributed by atoms with Gasteiger partial charge in [0.2, 0.25) is 0 Å². The number of nitriles is 1. The number of hydrogen-bond acceptors (Lipinski definition) is 4. The lowest BCUT2D eigenvalue weighted by molar-refractivity contribution is 0.189. The maximum atomic E-state index is 11.7. The highest BCUT2D eigenvalue weighted by atomic mass is 16.5. The van der Waals surface area contributed by atoms with Gasteiger partial charge in [-0.1, -0.05) is 6.07 Å². The Labute approximate surface area is 111 Å². The molecule has 0 bridgehead atoms. The van der Waals surface area contributed by atoms with E-state index < -0.39 is 0 Å². The summed E-state index contributed by atoms with van der Waals surface area (Å²) in [5.41, 5.74) is 0.617. The van der Waals surface area contributed by atoms with Crippen molar-refractivity contribution in [2.45, 2.75) is 12.5 Å². The molecule has 1 fully saturated rings. The quantitative estimate of drug-likeness (QED) is 0.860. The van der Waals surface area contributed by atoms with E-state index in [-0.39, 0.29) is 18.7 Å². The molecular weight excluding hydrogens is 246 g/mol. The number of benzene rings is 1. The van der Waals surface area contributed by atoms with Crippen molar-refractivity contribution >= 4 is 11.7 Å². The second-order valence-electron chi connectivity index (χ2n) is 4.13. The van der Waals surface area contributed by atoms with Gasteiger partial charge >= 0.3 is 6.03 Å². The number of nitrogens with one attached hydrogen (secondary N) is 2. The third kappa shape index (κ3) is 4.16. The van der Waals surface area contributed by atoms with Crippen molar-refractivity contribution < 1.29 is 14.3 Å². The second kappa shape index (κ2) is 6.61. The van der Waals surface area contributed by atoms with Crippen LogP contribution in [0.25, 0.3) is 0 Å². The maximum absolute atomic E-state index is 11.7. The summed E-state index contributed by atoms with van der Waals surface area (Å²) in [5, 5.41) is 14.0. The molecule has 1 heterocycles. The number of hydrogen-bond donors (Lipinski definition) is 2. The summed E-state index contributed by atoms with van der Waals surface area (Å²) in [6.07, 6.45) is 0.832. The van der Waals surface area contributed by atoms with Crippen molar-refractivity contribution in [3.05, 3.63) is 24.3 Å². The number of nitrogens with zero attached hydrogens (tertiary/aromatic N) is 1. The van der Waals surface area contributed by atoms with Crippen molar-refractivity contribution in [3.8, 4) is 11.8 Å². The number of anilines is 1. The Morgan fingerprint density at radius 2 is 2.47 bits per heavy atom. The van der Waals surface area contributed by atoms with Crippen LogP contribution in [0.15, 0.2) is 24.3 Å². The van der Waals surface area contributed by atoms with Crippen molar-refractivity contribution in [2.75, 3.05) is 25.1 Å². The van der Waals surface area contributed by atoms with Crippen LogP contribution in [0.4, 0.5) is 10.5 Å². The average molecular weight is 261 g/mol. The SMILES string of the molecule is N#CCOc1cccc(NC(=O)NC2CCOC2)c1. The minimum absolute atomic E-state index is 0.0188. The summed E-state index contributed by atoms with van der Waals surface area (Å²) in [4.78, 5) is 11.7. The van der Waals surface area contributed by atoms with Gasteiger partial charge in [0.25, 0.3) is 0 Å². The second-order valence-corrected chi connectivity index (χ2v) is 4.13. The predicted molar refractivity (Wildman–Crippen MR) is 68.9 cm³/mol. The molecule has 2 rings (SSSR count). The number of rotatable bonds is 4. The van der Waals surface area contributed by atoms with Crippen molar-refractivity contribution in [3.63, 3.8) is 0 Å². The van der Waals surface area contributed by atoms with Gasteiger partial charge in [0.1, 0.15) is 11.8 Å². The maximum Gasteiger partial charge on any atom is 0.319 e. The highest BCUT2D eigenvalue weighted by Gasteiger charge is 2.17. The van der Waals surface area contributed by atoms with Gasteiger partial charge in [-0.25, -0.2) is 4.79 Å². The Kier molecular flexibility index (Phi) is 4.59. The number of ether oxygens (including phenoxy) is 2. The van der Waals surface area contributed by atoms with Gasteiger partial charge in [-0.3, -0.25) is 0 Å². The molecule has 0 aromatic heterocycles. The van der Waals surface area contributed by atoms with Gasteiger partial charge in [-0.2, -0.15) is 5.26 Å². The van der Waals surface area contributed by atoms with E-state index in [1.807, 2.05) is 6.07 Å². The van der Waals surface area contributed by atoms with Crippen LogP contribution in [-0.4, -0.2) is 31.9 Å². The Balaban J connectivity index is 1.87. The van der Waals surface area contributed by atoms with Crippen LogP contribution in [-0.2, 0) is 4.74 Å². The lowest BCUT2D eigenvalue weighted by Gasteiger charge is -2.12. The van der Waals surface area contributed by atoms with Gasteiger partial charge < -0.3 is 20.1 Å². The Morgan fingerprint density at radius 1 is 1.58 bits per heavy atom. The normalized spacial score (nSPS) is 17.5. The van der Waals surface area contributed by atoms with Crippen molar-refractivity contribution in [2.24, 2.45) is 0 Å². The van der Waals surface area contributed by atoms with Gasteiger partial charge in [-0.05, 0) is 18.6 Å². The van der Waals surface area contributed by atoms with Gasteiger partial charge in [0.15, 0.2) is 6.61 Å². The third-order valence-electron chi connectivity index (χ3n) is 2.66. The molecule has 1 aliphatic rings. The highest BCUT2D eigenvalue weighted by Crippen LogP contribution is 2.17. The minimum Gasteiger partial charge on any atom is -0.479 e. The molecule has 1 aromatic carbocycles. The summed E-state index contributed by atoms with van der Waals surface area (Å²) < 4.78 is 10.3. The van der Waals surface area contributed by atoms with Gasteiger partial charge in [0, 0.05) is 18.4 Å². The monoisotopic (exact) mass is 261 g/mol. The van der Waals surface area contributed by atoms with E-state index in [9.17, 15) is 4.79 Å². The van der Waals surface area contributed by atoms with Crippen LogP contribution in [0.5, 0.6) is 5.75 Å². The summed E-state index contributed by atoms with van der Waals surface area (Å²) in [7, 11) is 0. The lowest BCUT2D eigenvalue weighted by Crippen LogP contribution is -2.38. The molecule has 2 amide bonds. The van der Waals surface area contributed by atoms with Crippen LogP contribution in [0.3, 0.4) is 0 Å². The topological polar surface area (TPSA) is 83.4 Å². The molecule has 1 unspecified atom stereocenters. The van der Waals surface area contributed by atoms with Crippen LogP contribution in [0, 0.1) is 11.3 Å². The van der Waals surface area contributed by atoms with E-state index in [2.05, 4.69) is 10.6 Å². The molecule has 0 saturated carbocycles. The molecule has 1 aromatic rings. The number of amides is 2. The fourth-order valence-electron chi connectivity index (χ4n) is 1.78. The first kappa shape index (κ1) is 13.2. The standard InChI is InChI=1S/C13H15N3O3/c14-5-7-19-12-3-1-2-10(8-12)15-13(17)16-11-4-6-18-9-11/h1-3,8,11H,4,6-7,9H2,(H2,15,16,17). The van der Waals surface area contributed by atoms with Crippen LogP contribution in [0.1, 0.15) is 6.42 Å². The molecule has 1 aliphatic heterocycles. The zero-order valence-electron chi connectivity index (χ0n) is 10.4. The van der Waals surface area contributed by atoms with Gasteiger partial charge in [0.05, 0.1) is 12.6 Å². The fraction of sp³-hybridized carbons (Fsp3) is 0.385. The van der Waals surface area contributed by atoms with E-state index in [1.54, 1.807) is 24.3 Å². The highest BCUT2D eigenvalue weighted by molar-refractivity contribution is 5.89. The molecule has 0 radical (unpaired) electrons. The fourth-order valence-corrected chi connectivity index (χ4v) is 1.78. The summed E-state index contributed by atoms with van der Waals surface area (Å²) in [6.45, 7) is 1.22. The van der Waals surface area contributed by atoms with E-state index in [0.717, 1.165) is 6.42 Å². The largest absolute Gasteiger partial charge is 0.479 e. The molecule has 6 heteroatoms. The Bertz CT molecular complexity index is 478. The molecule has 2 N–H and O–H groups in total. The van der Waals surface area contributed by atoms with E-state index in [4.69, 9.17) is 14.7 Å². The van der Waals surface area contributed by atoms with Crippen molar-refractivity contribution in [1.29, 1.82) is 5.26 Å². The molecular formula is C13H15N3O3. The average Bonchev–Trinajstić information content (AvgIpc) is 2.89. The first-order chi connectivity index (χ1) is 9.28. The smallest absolute Gasteiger partial charge is 0.319 e. The van der Waals surface area contributed by atoms with Crippen LogP contribution in [0.2, 0.25) is 0 Å². The molecule has 1 saturated heterocycles. The minimum atomic E-state index is -0.270. The molecule has 100 valence electrons. The Hall–Kier alpha value is -2.26. The number of carbonyl (C=O) groups excluding carboxylic acids is 1. The number of urea groups is 1. The molecule has 0 aliphatic carbocycles. The first-order valence-electron chi connectivity index (χ1n) is 6.03. The predicted octanol–water partition coefficient (Wildman–Crippen LogP) is 1.50. The summed E-state index contributed by atoms with van der Waals surface area (Å²) >= 11 is 0. The first-order valence-corrected chi connectivity index (χ1v) is 6.03. The van der Waals surface area contributed by atoms with Gasteiger partial charge in [-0.15, -0.1) is 0 Å². The lowest BCUT2D eigenvalue weighted by atomic mass is 10.2. The zero-order chi connectivity index (χ0) is 13.5. The number of carbonyl (C=O) groups is 1. The molecule has 6 nitrogen and oxygen atoms in total. The van der Waals surface area contributed by atoms with E-state index >= 15 is 0 Å². The summed E-state index contributed by atoms with van der Waals surface area (Å²) in [6, 6.07) is 8.59. The summed E-state index contributed by atoms with van der Waals surface area (Å²) in [5.74, 6) is 0.545. The van der Waals surface area contributed by atoms with E-state index in [1.165, 1.54) is 0 Å². The van der Waals surface area contributed by atoms with E-state index in [0.29, 0.717) is 24.7 Å². The molecule has 0 spiro atoms. The van der Waals surface area contributed by atoms with Crippen LogP contribution >= 0.6 is 0 Å². The molecule has 19 heavy (non-hydrogen) atoms. The third-order valence-corrected chi connectivity index (χ3v) is 2.66.